The van der Waals surface area contributed by atoms with Crippen LogP contribution in [0, 0.1) is 6.92 Å². The highest BCUT2D eigenvalue weighted by atomic mass is 79.9. The van der Waals surface area contributed by atoms with Gasteiger partial charge in [-0.05, 0) is 34.5 Å². The van der Waals surface area contributed by atoms with Gasteiger partial charge in [0.2, 0.25) is 0 Å². The lowest BCUT2D eigenvalue weighted by molar-refractivity contribution is 0.526. The Kier molecular flexibility index (Phi) is 3.69. The number of halogens is 1. The van der Waals surface area contributed by atoms with Crippen LogP contribution in [0.4, 0.5) is 5.82 Å². The summed E-state index contributed by atoms with van der Waals surface area (Å²) in [5.74, 6) is 0.310. The zero-order valence-corrected chi connectivity index (χ0v) is 11.1. The molecule has 0 aliphatic rings. The van der Waals surface area contributed by atoms with E-state index in [1.54, 1.807) is 12.3 Å². The zero-order chi connectivity index (χ0) is 11.6. The molecule has 0 aromatic carbocycles. The van der Waals surface area contributed by atoms with Gasteiger partial charge in [-0.3, -0.25) is 4.72 Å². The summed E-state index contributed by atoms with van der Waals surface area (Å²) in [6.45, 7) is 1.86. The second kappa shape index (κ2) is 4.46. The molecule has 0 aliphatic carbocycles. The van der Waals surface area contributed by atoms with Crippen molar-refractivity contribution >= 4 is 32.0 Å². The molecule has 0 saturated carbocycles. The van der Waals surface area contributed by atoms with Gasteiger partial charge in [0.05, 0.1) is 0 Å². The van der Waals surface area contributed by atoms with Gasteiger partial charge in [-0.2, -0.15) is 12.7 Å². The number of rotatable bonds is 3. The summed E-state index contributed by atoms with van der Waals surface area (Å²) in [6.07, 6.45) is 1.56. The fourth-order valence-corrected chi connectivity index (χ4v) is 1.59. The first kappa shape index (κ1) is 12.4. The Bertz CT molecular complexity index is 459. The van der Waals surface area contributed by atoms with Crippen LogP contribution in [0.5, 0.6) is 0 Å². The molecule has 0 fully saturated rings. The minimum Gasteiger partial charge on any atom is -0.254 e. The third-order valence-corrected chi connectivity index (χ3v) is 4.02. The summed E-state index contributed by atoms with van der Waals surface area (Å²) in [4.78, 5) is 3.94. The number of pyridine rings is 1. The van der Waals surface area contributed by atoms with E-state index in [4.69, 9.17) is 0 Å². The number of aryl methyl sites for hydroxylation is 1. The van der Waals surface area contributed by atoms with E-state index in [2.05, 4.69) is 25.6 Å². The molecular formula is C8H12BrN3O2S. The molecule has 1 aromatic rings. The second-order valence-corrected chi connectivity index (χ2v) is 5.95. The molecule has 15 heavy (non-hydrogen) atoms. The highest BCUT2D eigenvalue weighted by Crippen LogP contribution is 2.17. The van der Waals surface area contributed by atoms with Crippen LogP contribution in [-0.4, -0.2) is 31.8 Å². The maximum Gasteiger partial charge on any atom is 0.302 e. The Morgan fingerprint density at radius 1 is 1.47 bits per heavy atom. The Morgan fingerprint density at radius 2 is 2.07 bits per heavy atom. The molecule has 0 amide bonds. The van der Waals surface area contributed by atoms with Crippen molar-refractivity contribution < 1.29 is 8.42 Å². The Labute approximate surface area is 97.8 Å². The Balaban J connectivity index is 2.96. The number of hydrogen-bond donors (Lipinski definition) is 1. The van der Waals surface area contributed by atoms with Crippen LogP contribution in [0.2, 0.25) is 0 Å². The minimum absolute atomic E-state index is 0.310. The molecule has 0 bridgehead atoms. The van der Waals surface area contributed by atoms with Crippen LogP contribution in [0.15, 0.2) is 16.7 Å². The summed E-state index contributed by atoms with van der Waals surface area (Å²) >= 11 is 3.29. The number of anilines is 1. The average Bonchev–Trinajstić information content (AvgIpc) is 2.10. The van der Waals surface area contributed by atoms with Gasteiger partial charge in [0, 0.05) is 24.8 Å². The third kappa shape index (κ3) is 3.15. The van der Waals surface area contributed by atoms with E-state index in [9.17, 15) is 8.42 Å². The molecular weight excluding hydrogens is 282 g/mol. The van der Waals surface area contributed by atoms with Gasteiger partial charge in [0.15, 0.2) is 0 Å². The molecule has 0 aliphatic heterocycles. The highest BCUT2D eigenvalue weighted by Gasteiger charge is 2.13. The first-order valence-corrected chi connectivity index (χ1v) is 6.38. The van der Waals surface area contributed by atoms with Crippen molar-refractivity contribution in [3.8, 4) is 0 Å². The van der Waals surface area contributed by atoms with Crippen molar-refractivity contribution in [3.05, 3.63) is 22.3 Å². The van der Waals surface area contributed by atoms with Gasteiger partial charge < -0.3 is 0 Å². The molecule has 1 rings (SSSR count). The molecule has 0 saturated heterocycles. The van der Waals surface area contributed by atoms with Gasteiger partial charge in [-0.25, -0.2) is 4.98 Å². The molecule has 1 N–H and O–H groups in total. The molecule has 0 unspecified atom stereocenters. The number of aromatic nitrogens is 1. The molecule has 7 heteroatoms. The van der Waals surface area contributed by atoms with Crippen molar-refractivity contribution in [1.29, 1.82) is 0 Å². The number of nitrogens with zero attached hydrogens (tertiary/aromatic N) is 2. The lowest BCUT2D eigenvalue weighted by atomic mass is 10.3. The maximum atomic E-state index is 11.5. The van der Waals surface area contributed by atoms with Crippen LogP contribution in [0.3, 0.4) is 0 Å². The normalized spacial score (nSPS) is 11.8. The summed E-state index contributed by atoms with van der Waals surface area (Å²) in [7, 11) is -0.570. The fourth-order valence-electron chi connectivity index (χ4n) is 0.819. The topological polar surface area (TPSA) is 62.3 Å². The van der Waals surface area contributed by atoms with Crippen LogP contribution in [-0.2, 0) is 10.2 Å². The fraction of sp³-hybridized carbons (Fsp3) is 0.375. The van der Waals surface area contributed by atoms with Gasteiger partial charge in [0.25, 0.3) is 0 Å². The lowest BCUT2D eigenvalue weighted by Gasteiger charge is -2.13. The molecule has 1 heterocycles. The van der Waals surface area contributed by atoms with E-state index >= 15 is 0 Å². The van der Waals surface area contributed by atoms with Crippen LogP contribution in [0.1, 0.15) is 5.56 Å². The minimum atomic E-state index is -3.48. The van der Waals surface area contributed by atoms with Gasteiger partial charge in [-0.1, -0.05) is 0 Å². The predicted molar refractivity (Wildman–Crippen MR) is 62.9 cm³/mol. The van der Waals surface area contributed by atoms with Gasteiger partial charge >= 0.3 is 10.2 Å². The molecule has 0 radical (unpaired) electrons. The Morgan fingerprint density at radius 3 is 2.53 bits per heavy atom. The van der Waals surface area contributed by atoms with E-state index in [1.807, 2.05) is 6.92 Å². The van der Waals surface area contributed by atoms with E-state index in [0.29, 0.717) is 5.82 Å². The number of nitrogens with one attached hydrogen (secondary N) is 1. The Hall–Kier alpha value is -0.660. The summed E-state index contributed by atoms with van der Waals surface area (Å²) in [5.41, 5.74) is 0.918. The maximum absolute atomic E-state index is 11.5. The number of hydrogen-bond acceptors (Lipinski definition) is 3. The smallest absolute Gasteiger partial charge is 0.254 e. The highest BCUT2D eigenvalue weighted by molar-refractivity contribution is 9.10. The van der Waals surface area contributed by atoms with Crippen molar-refractivity contribution in [1.82, 2.24) is 9.29 Å². The van der Waals surface area contributed by atoms with E-state index in [0.717, 1.165) is 14.3 Å². The van der Waals surface area contributed by atoms with Crippen LogP contribution >= 0.6 is 15.9 Å². The quantitative estimate of drug-likeness (QED) is 0.916. The first-order chi connectivity index (χ1) is 6.83. The monoisotopic (exact) mass is 293 g/mol. The molecule has 5 nitrogen and oxygen atoms in total. The van der Waals surface area contributed by atoms with Crippen LogP contribution in [0.25, 0.3) is 0 Å². The molecule has 84 valence electrons. The summed E-state index contributed by atoms with van der Waals surface area (Å²) < 4.78 is 27.2. The standard InChI is InChI=1S/C8H12BrN3O2S/c1-6-4-8(10-5-7(6)9)11-15(13,14)12(2)3/h4-5H,1-3H3,(H,10,11). The third-order valence-electron chi connectivity index (χ3n) is 1.76. The van der Waals surface area contributed by atoms with E-state index in [1.165, 1.54) is 14.1 Å². The van der Waals surface area contributed by atoms with E-state index < -0.39 is 10.2 Å². The lowest BCUT2D eigenvalue weighted by Crippen LogP contribution is -2.29. The molecule has 0 atom stereocenters. The van der Waals surface area contributed by atoms with Crippen molar-refractivity contribution in [3.63, 3.8) is 0 Å². The van der Waals surface area contributed by atoms with Crippen molar-refractivity contribution in [2.45, 2.75) is 6.92 Å². The zero-order valence-electron chi connectivity index (χ0n) is 8.65. The van der Waals surface area contributed by atoms with Gasteiger partial charge in [-0.15, -0.1) is 0 Å². The largest absolute Gasteiger partial charge is 0.302 e. The molecule has 1 aromatic heterocycles. The van der Waals surface area contributed by atoms with Crippen molar-refractivity contribution in [2.24, 2.45) is 0 Å². The average molecular weight is 294 g/mol. The summed E-state index contributed by atoms with van der Waals surface area (Å²) in [5, 5.41) is 0. The van der Waals surface area contributed by atoms with Gasteiger partial charge in [0.1, 0.15) is 5.82 Å². The second-order valence-electron chi connectivity index (χ2n) is 3.21. The van der Waals surface area contributed by atoms with Crippen LogP contribution < -0.4 is 4.72 Å². The molecule has 0 spiro atoms. The van der Waals surface area contributed by atoms with Crippen molar-refractivity contribution in [2.75, 3.05) is 18.8 Å². The summed E-state index contributed by atoms with van der Waals surface area (Å²) in [6, 6.07) is 1.66. The van der Waals surface area contributed by atoms with E-state index in [-0.39, 0.29) is 0 Å². The first-order valence-electron chi connectivity index (χ1n) is 4.15. The predicted octanol–water partition coefficient (Wildman–Crippen LogP) is 1.37. The SMILES string of the molecule is Cc1cc(NS(=O)(=O)N(C)C)ncc1Br.